The number of carbonyl (C=O) groups excluding carboxylic acids is 1. The number of nitrogens with one attached hydrogen (secondary N) is 2. The number of hydrogen-bond donors (Lipinski definition) is 2. The summed E-state index contributed by atoms with van der Waals surface area (Å²) in [5.74, 6) is -0.306. The molecule has 0 unspecified atom stereocenters. The highest BCUT2D eigenvalue weighted by Gasteiger charge is 2.08. The van der Waals surface area contributed by atoms with Gasteiger partial charge in [-0.25, -0.2) is 9.37 Å². The fourth-order valence-electron chi connectivity index (χ4n) is 1.92. The van der Waals surface area contributed by atoms with E-state index in [0.29, 0.717) is 6.54 Å². The topological polar surface area (TPSA) is 54.0 Å². The number of rotatable bonds is 5. The molecule has 0 bridgehead atoms. The second kappa shape index (κ2) is 6.89. The number of amides is 1. The predicted octanol–water partition coefficient (Wildman–Crippen LogP) is 4.39. The van der Waals surface area contributed by atoms with Crippen LogP contribution >= 0.6 is 22.7 Å². The fraction of sp³-hybridized carbons (Fsp3) is 0.125. The highest BCUT2D eigenvalue weighted by atomic mass is 32.1. The van der Waals surface area contributed by atoms with Gasteiger partial charge >= 0.3 is 0 Å². The standard InChI is InChI=1S/C16H14FN3OS2/c1-10(21)18-8-13-6-7-15(23-13)14-9-22-16(20-14)19-12-4-2-11(17)3-5-12/h2-7,9H,8H2,1H3,(H,18,21)(H,19,20). The Labute approximate surface area is 141 Å². The second-order valence-electron chi connectivity index (χ2n) is 4.85. The van der Waals surface area contributed by atoms with Crippen molar-refractivity contribution in [3.8, 4) is 10.6 Å². The molecule has 0 aliphatic rings. The van der Waals surface area contributed by atoms with Gasteiger partial charge in [0.25, 0.3) is 0 Å². The zero-order chi connectivity index (χ0) is 16.2. The van der Waals surface area contributed by atoms with Crippen LogP contribution in [-0.4, -0.2) is 10.9 Å². The van der Waals surface area contributed by atoms with Gasteiger partial charge in [-0.05, 0) is 36.4 Å². The van der Waals surface area contributed by atoms with Gasteiger partial charge in [0.1, 0.15) is 5.82 Å². The van der Waals surface area contributed by atoms with E-state index in [4.69, 9.17) is 0 Å². The maximum absolute atomic E-state index is 12.9. The Balaban J connectivity index is 1.69. The highest BCUT2D eigenvalue weighted by Crippen LogP contribution is 2.31. The Hall–Kier alpha value is -2.25. The van der Waals surface area contributed by atoms with Crippen molar-refractivity contribution < 1.29 is 9.18 Å². The first-order valence-corrected chi connectivity index (χ1v) is 8.61. The summed E-state index contributed by atoms with van der Waals surface area (Å²) in [4.78, 5) is 17.6. The molecule has 2 heterocycles. The van der Waals surface area contributed by atoms with E-state index in [-0.39, 0.29) is 11.7 Å². The van der Waals surface area contributed by atoms with E-state index in [9.17, 15) is 9.18 Å². The maximum Gasteiger partial charge on any atom is 0.217 e. The van der Waals surface area contributed by atoms with Gasteiger partial charge in [-0.3, -0.25) is 4.79 Å². The molecule has 2 aromatic heterocycles. The monoisotopic (exact) mass is 347 g/mol. The number of anilines is 2. The average Bonchev–Trinajstić information content (AvgIpc) is 3.16. The van der Waals surface area contributed by atoms with Crippen molar-refractivity contribution >= 4 is 39.4 Å². The fourth-order valence-corrected chi connectivity index (χ4v) is 3.64. The molecule has 1 aromatic carbocycles. The third-order valence-electron chi connectivity index (χ3n) is 3.03. The third-order valence-corrected chi connectivity index (χ3v) is 4.89. The van der Waals surface area contributed by atoms with Crippen LogP contribution in [0.1, 0.15) is 11.8 Å². The Kier molecular flexibility index (Phi) is 4.68. The SMILES string of the molecule is CC(=O)NCc1ccc(-c2csc(Nc3ccc(F)cc3)n2)s1. The zero-order valence-corrected chi connectivity index (χ0v) is 13.9. The van der Waals surface area contributed by atoms with Crippen LogP contribution < -0.4 is 10.6 Å². The van der Waals surface area contributed by atoms with Crippen LogP contribution in [0.5, 0.6) is 0 Å². The summed E-state index contributed by atoms with van der Waals surface area (Å²) >= 11 is 3.09. The van der Waals surface area contributed by atoms with Gasteiger partial charge in [-0.1, -0.05) is 0 Å². The number of benzene rings is 1. The average molecular weight is 347 g/mol. The van der Waals surface area contributed by atoms with Gasteiger partial charge in [0, 0.05) is 22.9 Å². The Morgan fingerprint density at radius 1 is 1.22 bits per heavy atom. The van der Waals surface area contributed by atoms with Crippen molar-refractivity contribution in [1.82, 2.24) is 10.3 Å². The molecule has 3 aromatic rings. The molecule has 0 atom stereocenters. The summed E-state index contributed by atoms with van der Waals surface area (Å²) in [6, 6.07) is 10.1. The van der Waals surface area contributed by atoms with E-state index in [1.807, 2.05) is 17.5 Å². The number of hydrogen-bond acceptors (Lipinski definition) is 5. The minimum Gasteiger partial charge on any atom is -0.351 e. The molecule has 2 N–H and O–H groups in total. The van der Waals surface area contributed by atoms with E-state index in [2.05, 4.69) is 15.6 Å². The van der Waals surface area contributed by atoms with Crippen molar-refractivity contribution in [2.75, 3.05) is 5.32 Å². The zero-order valence-electron chi connectivity index (χ0n) is 12.3. The molecule has 0 saturated heterocycles. The molecule has 1 amide bonds. The van der Waals surface area contributed by atoms with Gasteiger partial charge in [-0.15, -0.1) is 22.7 Å². The number of nitrogens with zero attached hydrogens (tertiary/aromatic N) is 1. The van der Waals surface area contributed by atoms with E-state index >= 15 is 0 Å². The molecule has 7 heteroatoms. The normalized spacial score (nSPS) is 10.5. The lowest BCUT2D eigenvalue weighted by molar-refractivity contribution is -0.119. The molecule has 23 heavy (non-hydrogen) atoms. The van der Waals surface area contributed by atoms with Gasteiger partial charge in [0.05, 0.1) is 17.1 Å². The Morgan fingerprint density at radius 2 is 2.00 bits per heavy atom. The highest BCUT2D eigenvalue weighted by molar-refractivity contribution is 7.17. The molecule has 0 saturated carbocycles. The summed E-state index contributed by atoms with van der Waals surface area (Å²) in [7, 11) is 0. The van der Waals surface area contributed by atoms with E-state index in [1.165, 1.54) is 30.4 Å². The molecular formula is C16H14FN3OS2. The van der Waals surface area contributed by atoms with Gasteiger partial charge in [0.2, 0.25) is 5.91 Å². The van der Waals surface area contributed by atoms with Gasteiger partial charge < -0.3 is 10.6 Å². The molecular weight excluding hydrogens is 333 g/mol. The second-order valence-corrected chi connectivity index (χ2v) is 6.87. The number of aromatic nitrogens is 1. The van der Waals surface area contributed by atoms with E-state index in [0.717, 1.165) is 26.3 Å². The van der Waals surface area contributed by atoms with Crippen LogP contribution in [0, 0.1) is 5.82 Å². The lowest BCUT2D eigenvalue weighted by atomic mass is 10.3. The molecule has 0 radical (unpaired) electrons. The summed E-state index contributed by atoms with van der Waals surface area (Å²) in [6.45, 7) is 2.03. The minimum atomic E-state index is -0.263. The molecule has 4 nitrogen and oxygen atoms in total. The third kappa shape index (κ3) is 4.14. The van der Waals surface area contributed by atoms with Crippen LogP contribution in [0.4, 0.5) is 15.2 Å². The summed E-state index contributed by atoms with van der Waals surface area (Å²) in [5, 5.41) is 8.66. The van der Waals surface area contributed by atoms with Crippen molar-refractivity contribution in [2.45, 2.75) is 13.5 Å². The summed E-state index contributed by atoms with van der Waals surface area (Å²) in [6.07, 6.45) is 0. The minimum absolute atomic E-state index is 0.0422. The number of thiazole rings is 1. The van der Waals surface area contributed by atoms with Crippen LogP contribution in [0.15, 0.2) is 41.8 Å². The summed E-state index contributed by atoms with van der Waals surface area (Å²) < 4.78 is 12.9. The van der Waals surface area contributed by atoms with E-state index < -0.39 is 0 Å². The van der Waals surface area contributed by atoms with Crippen LogP contribution in [0.25, 0.3) is 10.6 Å². The first-order valence-electron chi connectivity index (χ1n) is 6.92. The Bertz CT molecular complexity index is 811. The van der Waals surface area contributed by atoms with Gasteiger partial charge in [-0.2, -0.15) is 0 Å². The van der Waals surface area contributed by atoms with Gasteiger partial charge in [0.15, 0.2) is 5.13 Å². The largest absolute Gasteiger partial charge is 0.351 e. The number of thiophene rings is 1. The lowest BCUT2D eigenvalue weighted by Gasteiger charge is -2.01. The first-order chi connectivity index (χ1) is 11.1. The summed E-state index contributed by atoms with van der Waals surface area (Å²) in [5.41, 5.74) is 1.68. The number of carbonyl (C=O) groups is 1. The van der Waals surface area contributed by atoms with Crippen molar-refractivity contribution in [3.05, 3.63) is 52.5 Å². The molecule has 118 valence electrons. The molecule has 0 aliphatic heterocycles. The van der Waals surface area contributed by atoms with E-state index in [1.54, 1.807) is 23.5 Å². The molecule has 0 spiro atoms. The quantitative estimate of drug-likeness (QED) is 0.720. The van der Waals surface area contributed by atoms with Crippen LogP contribution in [0.3, 0.4) is 0 Å². The predicted molar refractivity (Wildman–Crippen MR) is 92.6 cm³/mol. The molecule has 0 fully saturated rings. The first kappa shape index (κ1) is 15.6. The molecule has 3 rings (SSSR count). The Morgan fingerprint density at radius 3 is 2.74 bits per heavy atom. The molecule has 0 aliphatic carbocycles. The van der Waals surface area contributed by atoms with Crippen molar-refractivity contribution in [1.29, 1.82) is 0 Å². The van der Waals surface area contributed by atoms with Crippen molar-refractivity contribution in [2.24, 2.45) is 0 Å². The lowest BCUT2D eigenvalue weighted by Crippen LogP contribution is -2.17. The van der Waals surface area contributed by atoms with Crippen LogP contribution in [-0.2, 0) is 11.3 Å². The van der Waals surface area contributed by atoms with Crippen molar-refractivity contribution in [3.63, 3.8) is 0 Å². The number of halogens is 1. The maximum atomic E-state index is 12.9. The van der Waals surface area contributed by atoms with Crippen LogP contribution in [0.2, 0.25) is 0 Å². The smallest absolute Gasteiger partial charge is 0.217 e.